The lowest BCUT2D eigenvalue weighted by atomic mass is 10.0. The average molecular weight is 463 g/mol. The number of urea groups is 1. The van der Waals surface area contributed by atoms with Gasteiger partial charge in [0, 0.05) is 32.0 Å². The highest BCUT2D eigenvalue weighted by Gasteiger charge is 2.30. The Morgan fingerprint density at radius 1 is 1.26 bits per heavy atom. The van der Waals surface area contributed by atoms with Gasteiger partial charge in [-0.1, -0.05) is 37.3 Å². The standard InChI is InChI=1S/C25H34N8O/c1-5-31(3)16-22(19-9-7-6-8-10-19)29-25(34)33-17-23-20(13-18(33)2)14-26-24(28-23)27-15-21-11-12-32(4)30-21/h6-12,14,18,22H,5,13,15-17H2,1-4H3,(H,29,34)(H,26,27,28)/t18-,22-/m1/s1. The van der Waals surface area contributed by atoms with E-state index < -0.39 is 0 Å². The highest BCUT2D eigenvalue weighted by Crippen LogP contribution is 2.23. The highest BCUT2D eigenvalue weighted by molar-refractivity contribution is 5.75. The van der Waals surface area contributed by atoms with Crippen LogP contribution in [0, 0.1) is 0 Å². The lowest BCUT2D eigenvalue weighted by molar-refractivity contribution is 0.160. The summed E-state index contributed by atoms with van der Waals surface area (Å²) in [6, 6.07) is 12.0. The Morgan fingerprint density at radius 3 is 2.76 bits per heavy atom. The molecule has 1 aliphatic rings. The van der Waals surface area contributed by atoms with Crippen molar-refractivity contribution in [3.05, 3.63) is 71.3 Å². The summed E-state index contributed by atoms with van der Waals surface area (Å²) in [5.41, 5.74) is 3.99. The number of hydrogen-bond acceptors (Lipinski definition) is 6. The molecule has 180 valence electrons. The predicted molar refractivity (Wildman–Crippen MR) is 132 cm³/mol. The quantitative estimate of drug-likeness (QED) is 0.535. The van der Waals surface area contributed by atoms with Crippen LogP contribution in [0.25, 0.3) is 0 Å². The first kappa shape index (κ1) is 23.7. The van der Waals surface area contributed by atoms with Crippen molar-refractivity contribution in [3.8, 4) is 0 Å². The molecule has 0 bridgehead atoms. The van der Waals surface area contributed by atoms with Crippen molar-refractivity contribution in [2.45, 2.75) is 45.4 Å². The van der Waals surface area contributed by atoms with Crippen molar-refractivity contribution in [1.82, 2.24) is 34.9 Å². The van der Waals surface area contributed by atoms with Crippen LogP contribution in [0.15, 0.2) is 48.8 Å². The molecule has 34 heavy (non-hydrogen) atoms. The number of benzene rings is 1. The number of fused-ring (bicyclic) bond motifs is 1. The largest absolute Gasteiger partial charge is 0.348 e. The van der Waals surface area contributed by atoms with Crippen LogP contribution in [0.2, 0.25) is 0 Å². The maximum atomic E-state index is 13.4. The molecule has 2 aromatic heterocycles. The van der Waals surface area contributed by atoms with Gasteiger partial charge in [-0.15, -0.1) is 0 Å². The molecule has 2 atom stereocenters. The molecule has 1 aliphatic heterocycles. The zero-order valence-electron chi connectivity index (χ0n) is 20.4. The minimum absolute atomic E-state index is 0.0590. The lowest BCUT2D eigenvalue weighted by Gasteiger charge is -2.36. The van der Waals surface area contributed by atoms with Crippen LogP contribution in [0.3, 0.4) is 0 Å². The number of amides is 2. The molecule has 9 nitrogen and oxygen atoms in total. The first-order valence-electron chi connectivity index (χ1n) is 11.8. The van der Waals surface area contributed by atoms with Gasteiger partial charge >= 0.3 is 6.03 Å². The molecule has 9 heteroatoms. The number of hydrogen-bond donors (Lipinski definition) is 2. The third kappa shape index (κ3) is 5.72. The number of carbonyl (C=O) groups excluding carboxylic acids is 1. The second-order valence-corrected chi connectivity index (χ2v) is 8.95. The van der Waals surface area contributed by atoms with E-state index in [2.05, 4.69) is 58.6 Å². The van der Waals surface area contributed by atoms with E-state index in [4.69, 9.17) is 4.98 Å². The summed E-state index contributed by atoms with van der Waals surface area (Å²) in [6.07, 6.45) is 4.51. The molecule has 0 fully saturated rings. The molecule has 0 unspecified atom stereocenters. The number of aromatic nitrogens is 4. The SMILES string of the molecule is CCN(C)C[C@@H](NC(=O)N1Cc2nc(NCc3ccn(C)n3)ncc2C[C@H]1C)c1ccccc1. The molecule has 2 amide bonds. The van der Waals surface area contributed by atoms with Crippen LogP contribution >= 0.6 is 0 Å². The summed E-state index contributed by atoms with van der Waals surface area (Å²) in [6.45, 7) is 6.85. The van der Waals surface area contributed by atoms with Gasteiger partial charge in [0.05, 0.1) is 30.5 Å². The van der Waals surface area contributed by atoms with Crippen LogP contribution in [-0.2, 0) is 26.6 Å². The molecule has 0 radical (unpaired) electrons. The molecule has 3 heterocycles. The molecule has 0 saturated carbocycles. The van der Waals surface area contributed by atoms with Crippen molar-refractivity contribution >= 4 is 12.0 Å². The zero-order chi connectivity index (χ0) is 24.1. The Bertz CT molecular complexity index is 1100. The fourth-order valence-electron chi connectivity index (χ4n) is 4.17. The van der Waals surface area contributed by atoms with E-state index in [0.717, 1.165) is 42.0 Å². The van der Waals surface area contributed by atoms with Crippen LogP contribution in [0.1, 0.15) is 42.4 Å². The minimum atomic E-state index is -0.0896. The maximum absolute atomic E-state index is 13.4. The van der Waals surface area contributed by atoms with E-state index in [1.807, 2.05) is 48.6 Å². The second-order valence-electron chi connectivity index (χ2n) is 8.95. The van der Waals surface area contributed by atoms with E-state index >= 15 is 0 Å². The Morgan fingerprint density at radius 2 is 2.06 bits per heavy atom. The van der Waals surface area contributed by atoms with Crippen molar-refractivity contribution in [2.75, 3.05) is 25.5 Å². The summed E-state index contributed by atoms with van der Waals surface area (Å²) in [5, 5.41) is 10.9. The second kappa shape index (κ2) is 10.6. The first-order valence-corrected chi connectivity index (χ1v) is 11.8. The van der Waals surface area contributed by atoms with Crippen molar-refractivity contribution < 1.29 is 4.79 Å². The average Bonchev–Trinajstić information content (AvgIpc) is 3.27. The van der Waals surface area contributed by atoms with E-state index in [0.29, 0.717) is 19.0 Å². The van der Waals surface area contributed by atoms with Gasteiger partial charge in [-0.25, -0.2) is 14.8 Å². The van der Waals surface area contributed by atoms with E-state index in [1.165, 1.54) is 0 Å². The van der Waals surface area contributed by atoms with Gasteiger partial charge in [0.25, 0.3) is 0 Å². The van der Waals surface area contributed by atoms with Crippen LogP contribution < -0.4 is 10.6 Å². The number of aryl methyl sites for hydroxylation is 1. The topological polar surface area (TPSA) is 91.2 Å². The molecule has 2 N–H and O–H groups in total. The van der Waals surface area contributed by atoms with Gasteiger partial charge in [-0.2, -0.15) is 5.10 Å². The predicted octanol–water partition coefficient (Wildman–Crippen LogP) is 2.97. The molecule has 4 rings (SSSR count). The van der Waals surface area contributed by atoms with Gasteiger partial charge in [-0.05, 0) is 44.1 Å². The molecular weight excluding hydrogens is 428 g/mol. The van der Waals surface area contributed by atoms with Gasteiger partial charge in [0.15, 0.2) is 0 Å². The Kier molecular flexibility index (Phi) is 7.42. The number of likely N-dealkylation sites (N-methyl/N-ethyl adjacent to an activating group) is 1. The smallest absolute Gasteiger partial charge is 0.318 e. The third-order valence-electron chi connectivity index (χ3n) is 6.31. The zero-order valence-corrected chi connectivity index (χ0v) is 20.4. The highest BCUT2D eigenvalue weighted by atomic mass is 16.2. The summed E-state index contributed by atoms with van der Waals surface area (Å²) in [4.78, 5) is 26.7. The monoisotopic (exact) mass is 462 g/mol. The van der Waals surface area contributed by atoms with Crippen molar-refractivity contribution in [1.29, 1.82) is 0 Å². The minimum Gasteiger partial charge on any atom is -0.348 e. The number of nitrogens with zero attached hydrogens (tertiary/aromatic N) is 6. The van der Waals surface area contributed by atoms with Gasteiger partial charge in [0.1, 0.15) is 0 Å². The normalized spacial score (nSPS) is 16.3. The van der Waals surface area contributed by atoms with E-state index in [9.17, 15) is 4.79 Å². The van der Waals surface area contributed by atoms with E-state index in [1.54, 1.807) is 4.68 Å². The Labute approximate surface area is 201 Å². The van der Waals surface area contributed by atoms with Crippen molar-refractivity contribution in [3.63, 3.8) is 0 Å². The summed E-state index contributed by atoms with van der Waals surface area (Å²) < 4.78 is 1.77. The maximum Gasteiger partial charge on any atom is 0.318 e. The summed E-state index contributed by atoms with van der Waals surface area (Å²) in [5.74, 6) is 0.547. The van der Waals surface area contributed by atoms with Gasteiger partial charge in [-0.3, -0.25) is 4.68 Å². The number of nitrogens with one attached hydrogen (secondary N) is 2. The molecule has 0 spiro atoms. The van der Waals surface area contributed by atoms with Gasteiger partial charge < -0.3 is 20.4 Å². The number of anilines is 1. The van der Waals surface area contributed by atoms with Crippen molar-refractivity contribution in [2.24, 2.45) is 7.05 Å². The summed E-state index contributed by atoms with van der Waals surface area (Å²) in [7, 11) is 3.96. The molecule has 0 aliphatic carbocycles. The van der Waals surface area contributed by atoms with Gasteiger partial charge in [0.2, 0.25) is 5.95 Å². The molecule has 3 aromatic rings. The summed E-state index contributed by atoms with van der Waals surface area (Å²) >= 11 is 0. The fourth-order valence-corrected chi connectivity index (χ4v) is 4.17. The molecule has 0 saturated heterocycles. The molecule has 1 aromatic carbocycles. The molecular formula is C25H34N8O. The first-order chi connectivity index (χ1) is 16.4. The van der Waals surface area contributed by atoms with Crippen LogP contribution in [0.4, 0.5) is 10.7 Å². The fraction of sp³-hybridized carbons (Fsp3) is 0.440. The Hall–Kier alpha value is -3.46. The Balaban J connectivity index is 1.45. The number of carbonyl (C=O) groups is 1. The third-order valence-corrected chi connectivity index (χ3v) is 6.31. The number of rotatable bonds is 8. The van der Waals surface area contributed by atoms with Crippen LogP contribution in [-0.4, -0.2) is 61.8 Å². The van der Waals surface area contributed by atoms with Crippen LogP contribution in [0.5, 0.6) is 0 Å². The lowest BCUT2D eigenvalue weighted by Crippen LogP contribution is -2.50. The van der Waals surface area contributed by atoms with E-state index in [-0.39, 0.29) is 18.1 Å².